The molecule has 1 heterocycles. The Morgan fingerprint density at radius 3 is 2.92 bits per heavy atom. The van der Waals surface area contributed by atoms with Gasteiger partial charge in [-0.25, -0.2) is 19.2 Å². The van der Waals surface area contributed by atoms with Gasteiger partial charge in [0.1, 0.15) is 5.03 Å². The second kappa shape index (κ2) is 4.18. The van der Waals surface area contributed by atoms with E-state index in [9.17, 15) is 9.18 Å². The van der Waals surface area contributed by atoms with Gasteiger partial charge in [0.05, 0.1) is 13.3 Å². The van der Waals surface area contributed by atoms with Crippen molar-refractivity contribution in [1.29, 1.82) is 0 Å². The van der Waals surface area contributed by atoms with Crippen molar-refractivity contribution >= 4 is 17.7 Å². The number of nitrogens with zero attached hydrogens (tertiary/aromatic N) is 2. The normalized spacial score (nSPS) is 9.77. The number of carbonyl (C=O) groups excluding carboxylic acids is 1. The molecular formula is C7H7FN2O2S. The molecule has 6 heteroatoms. The van der Waals surface area contributed by atoms with E-state index in [1.54, 1.807) is 6.26 Å². The molecule has 0 radical (unpaired) electrons. The average Bonchev–Trinajstić information content (AvgIpc) is 2.17. The van der Waals surface area contributed by atoms with Crippen molar-refractivity contribution in [3.63, 3.8) is 0 Å². The van der Waals surface area contributed by atoms with Gasteiger partial charge in [-0.1, -0.05) is 0 Å². The first kappa shape index (κ1) is 9.91. The minimum absolute atomic E-state index is 0.131. The molecule has 0 aromatic carbocycles. The van der Waals surface area contributed by atoms with Crippen molar-refractivity contribution in [3.05, 3.63) is 17.8 Å². The van der Waals surface area contributed by atoms with Crippen LogP contribution in [0.5, 0.6) is 0 Å². The van der Waals surface area contributed by atoms with E-state index < -0.39 is 11.8 Å². The van der Waals surface area contributed by atoms with Gasteiger partial charge in [0.25, 0.3) is 0 Å². The van der Waals surface area contributed by atoms with Gasteiger partial charge in [-0.05, 0) is 6.26 Å². The predicted molar refractivity (Wildman–Crippen MR) is 45.1 cm³/mol. The highest BCUT2D eigenvalue weighted by Crippen LogP contribution is 2.14. The van der Waals surface area contributed by atoms with Gasteiger partial charge < -0.3 is 4.74 Å². The molecule has 13 heavy (non-hydrogen) atoms. The maximum atomic E-state index is 12.8. The fourth-order valence-corrected chi connectivity index (χ4v) is 1.11. The first-order chi connectivity index (χ1) is 6.19. The molecule has 4 nitrogen and oxygen atoms in total. The highest BCUT2D eigenvalue weighted by molar-refractivity contribution is 7.98. The van der Waals surface area contributed by atoms with Crippen LogP contribution < -0.4 is 0 Å². The number of hydrogen-bond donors (Lipinski definition) is 0. The predicted octanol–water partition coefficient (Wildman–Crippen LogP) is 1.12. The Hall–Kier alpha value is -1.17. The minimum atomic E-state index is -0.671. The highest BCUT2D eigenvalue weighted by atomic mass is 32.2. The molecule has 0 N–H and O–H groups in total. The van der Waals surface area contributed by atoms with Crippen molar-refractivity contribution in [2.75, 3.05) is 13.4 Å². The molecule has 0 unspecified atom stereocenters. The standard InChI is InChI=1S/C7H7FN2O2S/c1-12-7(11)5-9-3-4(8)6(10-5)13-2/h3H,1-2H3. The zero-order chi connectivity index (χ0) is 9.84. The summed E-state index contributed by atoms with van der Waals surface area (Å²) >= 11 is 1.10. The lowest BCUT2D eigenvalue weighted by atomic mass is 10.5. The van der Waals surface area contributed by atoms with Crippen molar-refractivity contribution in [2.45, 2.75) is 5.03 Å². The number of hydrogen-bond acceptors (Lipinski definition) is 5. The van der Waals surface area contributed by atoms with Crippen LogP contribution in [-0.2, 0) is 4.74 Å². The van der Waals surface area contributed by atoms with Gasteiger partial charge in [0.15, 0.2) is 5.82 Å². The fraction of sp³-hybridized carbons (Fsp3) is 0.286. The summed E-state index contributed by atoms with van der Waals surface area (Å²) in [6, 6.07) is 0. The van der Waals surface area contributed by atoms with Crippen LogP contribution in [0.15, 0.2) is 11.2 Å². The summed E-state index contributed by atoms with van der Waals surface area (Å²) in [4.78, 5) is 18.1. The Labute approximate surface area is 78.5 Å². The molecule has 0 amide bonds. The smallest absolute Gasteiger partial charge is 0.376 e. The maximum absolute atomic E-state index is 12.8. The zero-order valence-electron chi connectivity index (χ0n) is 7.07. The van der Waals surface area contributed by atoms with Gasteiger partial charge in [0, 0.05) is 0 Å². The number of ether oxygens (including phenoxy) is 1. The molecule has 0 aliphatic carbocycles. The van der Waals surface area contributed by atoms with Gasteiger partial charge in [-0.15, -0.1) is 11.8 Å². The molecule has 1 aromatic heterocycles. The van der Waals surface area contributed by atoms with E-state index >= 15 is 0 Å². The summed E-state index contributed by atoms with van der Waals surface area (Å²) in [5, 5.41) is 0.135. The average molecular weight is 202 g/mol. The second-order valence-electron chi connectivity index (χ2n) is 2.04. The molecule has 70 valence electrons. The Morgan fingerprint density at radius 1 is 1.69 bits per heavy atom. The van der Waals surface area contributed by atoms with Gasteiger partial charge in [0.2, 0.25) is 5.82 Å². The lowest BCUT2D eigenvalue weighted by Gasteiger charge is -2.00. The molecule has 1 aromatic rings. The summed E-state index contributed by atoms with van der Waals surface area (Å²) in [6.07, 6.45) is 2.61. The van der Waals surface area contributed by atoms with Crippen LogP contribution in [0.25, 0.3) is 0 Å². The third-order valence-electron chi connectivity index (χ3n) is 1.27. The van der Waals surface area contributed by atoms with Crippen molar-refractivity contribution in [1.82, 2.24) is 9.97 Å². The number of rotatable bonds is 2. The van der Waals surface area contributed by atoms with Crippen LogP contribution in [0.3, 0.4) is 0 Å². The minimum Gasteiger partial charge on any atom is -0.463 e. The van der Waals surface area contributed by atoms with E-state index in [2.05, 4.69) is 14.7 Å². The number of thioether (sulfide) groups is 1. The van der Waals surface area contributed by atoms with Crippen molar-refractivity contribution in [3.8, 4) is 0 Å². The zero-order valence-corrected chi connectivity index (χ0v) is 7.89. The van der Waals surface area contributed by atoms with E-state index in [0.29, 0.717) is 0 Å². The summed E-state index contributed by atoms with van der Waals surface area (Å²) in [6.45, 7) is 0. The monoisotopic (exact) mass is 202 g/mol. The van der Waals surface area contributed by atoms with Crippen molar-refractivity contribution in [2.24, 2.45) is 0 Å². The summed E-state index contributed by atoms with van der Waals surface area (Å²) in [5.41, 5.74) is 0. The molecule has 0 spiro atoms. The van der Waals surface area contributed by atoms with Crippen molar-refractivity contribution < 1.29 is 13.9 Å². The van der Waals surface area contributed by atoms with Crippen LogP contribution in [0.1, 0.15) is 10.6 Å². The summed E-state index contributed by atoms with van der Waals surface area (Å²) in [7, 11) is 1.22. The summed E-state index contributed by atoms with van der Waals surface area (Å²) < 4.78 is 17.2. The van der Waals surface area contributed by atoms with Crippen LogP contribution >= 0.6 is 11.8 Å². The number of methoxy groups -OCH3 is 1. The number of carbonyl (C=O) groups is 1. The maximum Gasteiger partial charge on any atom is 0.376 e. The molecule has 0 fully saturated rings. The molecular weight excluding hydrogens is 195 g/mol. The van der Waals surface area contributed by atoms with E-state index in [1.807, 2.05) is 0 Å². The molecule has 0 aliphatic heterocycles. The van der Waals surface area contributed by atoms with E-state index in [4.69, 9.17) is 0 Å². The van der Waals surface area contributed by atoms with Crippen LogP contribution in [0, 0.1) is 5.82 Å². The topological polar surface area (TPSA) is 52.1 Å². The van der Waals surface area contributed by atoms with Crippen LogP contribution in [0.2, 0.25) is 0 Å². The van der Waals surface area contributed by atoms with Crippen LogP contribution in [-0.4, -0.2) is 29.3 Å². The lowest BCUT2D eigenvalue weighted by Crippen LogP contribution is -2.08. The molecule has 0 atom stereocenters. The Kier molecular flexibility index (Phi) is 3.18. The third kappa shape index (κ3) is 2.15. The first-order valence-corrected chi connectivity index (χ1v) is 4.56. The largest absolute Gasteiger partial charge is 0.463 e. The van der Waals surface area contributed by atoms with Gasteiger partial charge in [-0.3, -0.25) is 0 Å². The molecule has 1 rings (SSSR count). The summed E-state index contributed by atoms with van der Waals surface area (Å²) in [5.74, 6) is -1.34. The van der Waals surface area contributed by atoms with Gasteiger partial charge >= 0.3 is 5.97 Å². The Bertz CT molecular complexity index is 332. The second-order valence-corrected chi connectivity index (χ2v) is 2.84. The number of esters is 1. The third-order valence-corrected chi connectivity index (χ3v) is 1.95. The van der Waals surface area contributed by atoms with E-state index in [0.717, 1.165) is 18.0 Å². The first-order valence-electron chi connectivity index (χ1n) is 3.34. The molecule has 0 aliphatic rings. The number of aromatic nitrogens is 2. The molecule has 0 saturated carbocycles. The quantitative estimate of drug-likeness (QED) is 0.408. The van der Waals surface area contributed by atoms with Gasteiger partial charge in [-0.2, -0.15) is 0 Å². The van der Waals surface area contributed by atoms with E-state index in [-0.39, 0.29) is 10.9 Å². The SMILES string of the molecule is COC(=O)c1ncc(F)c(SC)n1. The number of halogens is 1. The fourth-order valence-electron chi connectivity index (χ4n) is 0.684. The molecule has 0 saturated heterocycles. The van der Waals surface area contributed by atoms with Crippen LogP contribution in [0.4, 0.5) is 4.39 Å². The molecule has 0 bridgehead atoms. The Morgan fingerprint density at radius 2 is 2.38 bits per heavy atom. The Balaban J connectivity index is 3.06. The highest BCUT2D eigenvalue weighted by Gasteiger charge is 2.12. The lowest BCUT2D eigenvalue weighted by molar-refractivity contribution is 0.0585. The van der Waals surface area contributed by atoms with E-state index in [1.165, 1.54) is 7.11 Å².